The second kappa shape index (κ2) is 2.95. The van der Waals surface area contributed by atoms with Crippen molar-refractivity contribution in [1.29, 1.82) is 5.26 Å². The molecule has 0 saturated heterocycles. The highest BCUT2D eigenvalue weighted by Gasteiger charge is 2.00. The van der Waals surface area contributed by atoms with Gasteiger partial charge in [0.25, 0.3) is 0 Å². The number of nitrogens with zero attached hydrogens (tertiary/aromatic N) is 2. The average Bonchev–Trinajstić information content (AvgIpc) is 2.05. The number of nitriles is 1. The highest BCUT2D eigenvalue weighted by molar-refractivity contribution is 5.19. The van der Waals surface area contributed by atoms with Gasteiger partial charge in [0, 0.05) is 12.4 Å². The van der Waals surface area contributed by atoms with Crippen LogP contribution in [0.2, 0.25) is 0 Å². The molecule has 10 heavy (non-hydrogen) atoms. The van der Waals surface area contributed by atoms with Crippen molar-refractivity contribution < 1.29 is 0 Å². The Morgan fingerprint density at radius 1 is 1.50 bits per heavy atom. The van der Waals surface area contributed by atoms with Gasteiger partial charge >= 0.3 is 0 Å². The SMILES string of the molecule is N#CC(N)c1ccncc1. The third-order valence-corrected chi connectivity index (χ3v) is 1.20. The molecule has 0 aliphatic carbocycles. The summed E-state index contributed by atoms with van der Waals surface area (Å²) in [4.78, 5) is 3.80. The van der Waals surface area contributed by atoms with E-state index in [0.29, 0.717) is 0 Å². The van der Waals surface area contributed by atoms with Gasteiger partial charge in [0.15, 0.2) is 0 Å². The molecule has 1 atom stereocenters. The Balaban J connectivity index is 2.88. The number of aromatic nitrogens is 1. The van der Waals surface area contributed by atoms with Crippen LogP contribution >= 0.6 is 0 Å². The quantitative estimate of drug-likeness (QED) is 0.610. The van der Waals surface area contributed by atoms with Crippen molar-refractivity contribution in [3.05, 3.63) is 30.1 Å². The molecule has 0 bridgehead atoms. The molecule has 1 aromatic rings. The molecule has 0 amide bonds. The van der Waals surface area contributed by atoms with Crippen LogP contribution in [0.3, 0.4) is 0 Å². The van der Waals surface area contributed by atoms with Crippen LogP contribution in [-0.4, -0.2) is 4.98 Å². The van der Waals surface area contributed by atoms with E-state index in [1.807, 2.05) is 6.07 Å². The molecule has 1 heterocycles. The summed E-state index contributed by atoms with van der Waals surface area (Å²) < 4.78 is 0. The second-order valence-corrected chi connectivity index (χ2v) is 1.89. The zero-order chi connectivity index (χ0) is 7.40. The molecule has 1 aromatic heterocycles. The van der Waals surface area contributed by atoms with Crippen LogP contribution in [0.5, 0.6) is 0 Å². The predicted molar refractivity (Wildman–Crippen MR) is 36.8 cm³/mol. The number of pyridine rings is 1. The van der Waals surface area contributed by atoms with Crippen LogP contribution in [0, 0.1) is 11.3 Å². The second-order valence-electron chi connectivity index (χ2n) is 1.89. The van der Waals surface area contributed by atoms with Gasteiger partial charge in [-0.3, -0.25) is 4.98 Å². The molecule has 3 nitrogen and oxygen atoms in total. The van der Waals surface area contributed by atoms with Gasteiger partial charge in [-0.15, -0.1) is 0 Å². The Morgan fingerprint density at radius 3 is 2.60 bits per heavy atom. The fraction of sp³-hybridized carbons (Fsp3) is 0.143. The minimum absolute atomic E-state index is 0.525. The van der Waals surface area contributed by atoms with Gasteiger partial charge in [-0.1, -0.05) is 0 Å². The molecular formula is C7H7N3. The predicted octanol–water partition coefficient (Wildman–Crippen LogP) is 0.605. The molecular weight excluding hydrogens is 126 g/mol. The number of hydrogen-bond donors (Lipinski definition) is 1. The van der Waals surface area contributed by atoms with Gasteiger partial charge in [0.2, 0.25) is 0 Å². The largest absolute Gasteiger partial charge is 0.312 e. The van der Waals surface area contributed by atoms with Gasteiger partial charge in [-0.2, -0.15) is 5.26 Å². The maximum atomic E-state index is 8.39. The van der Waals surface area contributed by atoms with Gasteiger partial charge < -0.3 is 5.73 Å². The molecule has 2 N–H and O–H groups in total. The topological polar surface area (TPSA) is 62.7 Å². The highest BCUT2D eigenvalue weighted by atomic mass is 14.6. The lowest BCUT2D eigenvalue weighted by Gasteiger charge is -1.98. The minimum Gasteiger partial charge on any atom is -0.312 e. The normalized spacial score (nSPS) is 12.0. The first-order valence-electron chi connectivity index (χ1n) is 2.89. The van der Waals surface area contributed by atoms with E-state index in [4.69, 9.17) is 11.0 Å². The lowest BCUT2D eigenvalue weighted by atomic mass is 10.1. The Kier molecular flexibility index (Phi) is 1.98. The summed E-state index contributed by atoms with van der Waals surface area (Å²) in [7, 11) is 0. The first-order valence-corrected chi connectivity index (χ1v) is 2.89. The lowest BCUT2D eigenvalue weighted by molar-refractivity contribution is 0.921. The van der Waals surface area contributed by atoms with Gasteiger partial charge in [-0.05, 0) is 17.7 Å². The molecule has 0 spiro atoms. The van der Waals surface area contributed by atoms with E-state index in [2.05, 4.69) is 4.98 Å². The molecule has 0 aromatic carbocycles. The van der Waals surface area contributed by atoms with Crippen LogP contribution in [0.4, 0.5) is 0 Å². The summed E-state index contributed by atoms with van der Waals surface area (Å²) >= 11 is 0. The number of rotatable bonds is 1. The van der Waals surface area contributed by atoms with Crippen molar-refractivity contribution in [2.45, 2.75) is 6.04 Å². The van der Waals surface area contributed by atoms with Crippen LogP contribution < -0.4 is 5.73 Å². The molecule has 0 saturated carbocycles. The van der Waals surface area contributed by atoms with Crippen molar-refractivity contribution in [3.63, 3.8) is 0 Å². The zero-order valence-corrected chi connectivity index (χ0v) is 5.36. The fourth-order valence-electron chi connectivity index (χ4n) is 0.645. The van der Waals surface area contributed by atoms with E-state index in [1.165, 1.54) is 0 Å². The van der Waals surface area contributed by atoms with Crippen molar-refractivity contribution >= 4 is 0 Å². The molecule has 1 rings (SSSR count). The van der Waals surface area contributed by atoms with Crippen molar-refractivity contribution in [2.24, 2.45) is 5.73 Å². The summed E-state index contributed by atoms with van der Waals surface area (Å²) in [6.07, 6.45) is 3.24. The standard InChI is InChI=1S/C7H7N3/c8-5-7(9)6-1-3-10-4-2-6/h1-4,7H,9H2. The van der Waals surface area contributed by atoms with Gasteiger partial charge in [0.05, 0.1) is 6.07 Å². The van der Waals surface area contributed by atoms with E-state index in [1.54, 1.807) is 24.5 Å². The third kappa shape index (κ3) is 1.30. The summed E-state index contributed by atoms with van der Waals surface area (Å²) in [6.45, 7) is 0. The van der Waals surface area contributed by atoms with Crippen molar-refractivity contribution in [3.8, 4) is 6.07 Å². The van der Waals surface area contributed by atoms with Gasteiger partial charge in [-0.25, -0.2) is 0 Å². The summed E-state index contributed by atoms with van der Waals surface area (Å²) in [5.74, 6) is 0. The maximum Gasteiger partial charge on any atom is 0.118 e. The molecule has 50 valence electrons. The molecule has 0 aliphatic rings. The van der Waals surface area contributed by atoms with E-state index in [-0.39, 0.29) is 0 Å². The number of nitrogens with two attached hydrogens (primary N) is 1. The Labute approximate surface area is 59.1 Å². The molecule has 1 unspecified atom stereocenters. The maximum absolute atomic E-state index is 8.39. The Morgan fingerprint density at radius 2 is 2.10 bits per heavy atom. The summed E-state index contributed by atoms with van der Waals surface area (Å²) in [5.41, 5.74) is 6.21. The van der Waals surface area contributed by atoms with Gasteiger partial charge in [0.1, 0.15) is 6.04 Å². The first-order chi connectivity index (χ1) is 4.84. The van der Waals surface area contributed by atoms with Crippen LogP contribution in [0.15, 0.2) is 24.5 Å². The molecule has 0 aliphatic heterocycles. The van der Waals surface area contributed by atoms with Crippen LogP contribution in [0.1, 0.15) is 11.6 Å². The van der Waals surface area contributed by atoms with Crippen molar-refractivity contribution in [2.75, 3.05) is 0 Å². The first kappa shape index (κ1) is 6.72. The molecule has 3 heteroatoms. The van der Waals surface area contributed by atoms with E-state index in [9.17, 15) is 0 Å². The number of hydrogen-bond acceptors (Lipinski definition) is 3. The summed E-state index contributed by atoms with van der Waals surface area (Å²) in [5, 5.41) is 8.39. The van der Waals surface area contributed by atoms with E-state index >= 15 is 0 Å². The monoisotopic (exact) mass is 133 g/mol. The molecule has 0 radical (unpaired) electrons. The fourth-order valence-corrected chi connectivity index (χ4v) is 0.645. The lowest BCUT2D eigenvalue weighted by Crippen LogP contribution is -2.06. The average molecular weight is 133 g/mol. The minimum atomic E-state index is -0.525. The smallest absolute Gasteiger partial charge is 0.118 e. The van der Waals surface area contributed by atoms with Crippen LogP contribution in [-0.2, 0) is 0 Å². The molecule has 0 fully saturated rings. The highest BCUT2D eigenvalue weighted by Crippen LogP contribution is 2.05. The third-order valence-electron chi connectivity index (χ3n) is 1.20. The van der Waals surface area contributed by atoms with E-state index < -0.39 is 6.04 Å². The Hall–Kier alpha value is -1.40. The Bertz CT molecular complexity index is 237. The zero-order valence-electron chi connectivity index (χ0n) is 5.36. The summed E-state index contributed by atoms with van der Waals surface area (Å²) in [6, 6.07) is 4.87. The van der Waals surface area contributed by atoms with Crippen molar-refractivity contribution in [1.82, 2.24) is 4.98 Å². The van der Waals surface area contributed by atoms with E-state index in [0.717, 1.165) is 5.56 Å². The van der Waals surface area contributed by atoms with Crippen LogP contribution in [0.25, 0.3) is 0 Å².